The highest BCUT2D eigenvalue weighted by atomic mass is 31.1. The maximum atomic E-state index is 2.56. The first-order chi connectivity index (χ1) is 11.3. The molecule has 0 aromatic heterocycles. The Bertz CT molecular complexity index is 411. The minimum absolute atomic E-state index is 0.0190. The molecule has 0 aliphatic heterocycles. The summed E-state index contributed by atoms with van der Waals surface area (Å²) in [6, 6.07) is 0. The molecule has 0 aromatic rings. The molecule has 1 aliphatic carbocycles. The lowest BCUT2D eigenvalue weighted by Crippen LogP contribution is -2.33. The van der Waals surface area contributed by atoms with E-state index < -0.39 is 0 Å². The topological polar surface area (TPSA) is 0 Å². The van der Waals surface area contributed by atoms with E-state index in [0.717, 1.165) is 17.8 Å². The summed E-state index contributed by atoms with van der Waals surface area (Å²) in [5, 5.41) is 1.84. The average molecular weight is 401 g/mol. The Balaban J connectivity index is 3.06. The van der Waals surface area contributed by atoms with E-state index in [-0.39, 0.29) is 15.8 Å². The summed E-state index contributed by atoms with van der Waals surface area (Å²) in [6.07, 6.45) is 5.93. The number of hydrogen-bond donors (Lipinski definition) is 0. The van der Waals surface area contributed by atoms with Crippen LogP contribution in [0.3, 0.4) is 0 Å². The summed E-state index contributed by atoms with van der Waals surface area (Å²) in [5.41, 5.74) is 0. The quantitative estimate of drug-likeness (QED) is 0.413. The monoisotopic (exact) mass is 400 g/mol. The highest BCUT2D eigenvalue weighted by Crippen LogP contribution is 2.65. The molecular weight excluding hydrogens is 350 g/mol. The molecule has 1 saturated carbocycles. The van der Waals surface area contributed by atoms with Gasteiger partial charge in [-0.1, -0.05) is 112 Å². The highest BCUT2D eigenvalue weighted by Gasteiger charge is 2.44. The Hall–Kier alpha value is 0.860. The van der Waals surface area contributed by atoms with Gasteiger partial charge in [-0.25, -0.2) is 0 Å². The van der Waals surface area contributed by atoms with Gasteiger partial charge in [0.05, 0.1) is 0 Å². The lowest BCUT2D eigenvalue weighted by atomic mass is 9.94. The molecule has 0 spiro atoms. The van der Waals surface area contributed by atoms with Crippen LogP contribution in [-0.4, -0.2) is 32.9 Å². The molecule has 0 bridgehead atoms. The van der Waals surface area contributed by atoms with Gasteiger partial charge >= 0.3 is 0 Å². The first-order valence-electron chi connectivity index (χ1n) is 10.9. The largest absolute Gasteiger partial charge is 0.0954 e. The van der Waals surface area contributed by atoms with Crippen LogP contribution in [0.1, 0.15) is 103 Å². The third-order valence-corrected chi connectivity index (χ3v) is 14.5. The lowest BCUT2D eigenvalue weighted by molar-refractivity contribution is 0.383. The molecule has 0 amide bonds. The molecule has 3 atom stereocenters. The van der Waals surface area contributed by atoms with Crippen LogP contribution in [0.15, 0.2) is 0 Å². The molecule has 0 radical (unpaired) electrons. The van der Waals surface area contributed by atoms with E-state index in [1.807, 2.05) is 0 Å². The Morgan fingerprint density at radius 2 is 0.923 bits per heavy atom. The van der Waals surface area contributed by atoms with Gasteiger partial charge in [-0.2, -0.15) is 0 Å². The van der Waals surface area contributed by atoms with Crippen molar-refractivity contribution in [2.24, 2.45) is 17.8 Å². The third-order valence-electron chi connectivity index (χ3n) is 6.38. The molecule has 0 aromatic carbocycles. The molecule has 0 N–H and O–H groups in total. The maximum Gasteiger partial charge on any atom is -0.0175 e. The van der Waals surface area contributed by atoms with Gasteiger partial charge in [0, 0.05) is 0 Å². The standard InChI is InChI=1S/C24H50P2/c1-18-14-15-19(16-25(21(2,3)4)22(5,6)7)20(18)17-26(23(8,9)10)24(11,12)13/h18-20H,14-17H2,1-13H3. The highest BCUT2D eigenvalue weighted by molar-refractivity contribution is 7.61. The Labute approximate surface area is 169 Å². The minimum Gasteiger partial charge on any atom is -0.0954 e. The molecule has 0 heterocycles. The molecular formula is C24H50P2. The van der Waals surface area contributed by atoms with E-state index in [4.69, 9.17) is 0 Å². The molecule has 1 aliphatic rings. The van der Waals surface area contributed by atoms with Crippen LogP contribution in [0.4, 0.5) is 0 Å². The molecule has 2 heteroatoms. The van der Waals surface area contributed by atoms with Gasteiger partial charge in [0.15, 0.2) is 0 Å². The number of rotatable bonds is 4. The minimum atomic E-state index is 0.0190. The zero-order chi connectivity index (χ0) is 20.7. The van der Waals surface area contributed by atoms with Crippen molar-refractivity contribution in [2.75, 3.05) is 12.3 Å². The van der Waals surface area contributed by atoms with Gasteiger partial charge in [0.2, 0.25) is 0 Å². The fourth-order valence-electron chi connectivity index (χ4n) is 5.48. The Morgan fingerprint density at radius 3 is 1.27 bits per heavy atom. The van der Waals surface area contributed by atoms with Crippen LogP contribution in [0.5, 0.6) is 0 Å². The van der Waals surface area contributed by atoms with Crippen LogP contribution in [-0.2, 0) is 0 Å². The van der Waals surface area contributed by atoms with Gasteiger partial charge in [-0.15, -0.1) is 0 Å². The molecule has 26 heavy (non-hydrogen) atoms. The Kier molecular flexibility index (Phi) is 7.96. The van der Waals surface area contributed by atoms with Gasteiger partial charge in [-0.3, -0.25) is 0 Å². The third kappa shape index (κ3) is 6.73. The normalized spacial score (nSPS) is 26.2. The molecule has 156 valence electrons. The van der Waals surface area contributed by atoms with Crippen molar-refractivity contribution in [3.63, 3.8) is 0 Å². The molecule has 1 fully saturated rings. The van der Waals surface area contributed by atoms with Gasteiger partial charge < -0.3 is 0 Å². The van der Waals surface area contributed by atoms with Crippen molar-refractivity contribution in [3.05, 3.63) is 0 Å². The molecule has 0 saturated heterocycles. The van der Waals surface area contributed by atoms with Gasteiger partial charge in [0.1, 0.15) is 0 Å². The van der Waals surface area contributed by atoms with Crippen LogP contribution in [0.25, 0.3) is 0 Å². The maximum absolute atomic E-state index is 2.56. The lowest BCUT2D eigenvalue weighted by Gasteiger charge is -2.46. The summed E-state index contributed by atoms with van der Waals surface area (Å²) in [6.45, 7) is 32.5. The van der Waals surface area contributed by atoms with E-state index in [1.54, 1.807) is 0 Å². The van der Waals surface area contributed by atoms with E-state index in [1.165, 1.54) is 25.2 Å². The van der Waals surface area contributed by atoms with E-state index in [2.05, 4.69) is 90.0 Å². The number of hydrogen-bond acceptors (Lipinski definition) is 0. The predicted octanol–water partition coefficient (Wildman–Crippen LogP) is 8.81. The fourth-order valence-corrected chi connectivity index (χ4v) is 13.7. The zero-order valence-electron chi connectivity index (χ0n) is 20.5. The van der Waals surface area contributed by atoms with Crippen LogP contribution < -0.4 is 0 Å². The van der Waals surface area contributed by atoms with Crippen molar-refractivity contribution in [2.45, 2.75) is 123 Å². The summed E-state index contributed by atoms with van der Waals surface area (Å²) < 4.78 is 0. The second-order valence-corrected chi connectivity index (χ2v) is 20.7. The van der Waals surface area contributed by atoms with Crippen LogP contribution in [0.2, 0.25) is 0 Å². The van der Waals surface area contributed by atoms with Crippen LogP contribution in [0, 0.1) is 17.8 Å². The van der Waals surface area contributed by atoms with Crippen molar-refractivity contribution in [1.29, 1.82) is 0 Å². The molecule has 3 unspecified atom stereocenters. The van der Waals surface area contributed by atoms with E-state index in [0.29, 0.717) is 20.6 Å². The van der Waals surface area contributed by atoms with Crippen molar-refractivity contribution in [1.82, 2.24) is 0 Å². The summed E-state index contributed by atoms with van der Waals surface area (Å²) in [4.78, 5) is 0. The predicted molar refractivity (Wildman–Crippen MR) is 128 cm³/mol. The zero-order valence-corrected chi connectivity index (χ0v) is 22.2. The van der Waals surface area contributed by atoms with Crippen molar-refractivity contribution in [3.8, 4) is 0 Å². The first kappa shape index (κ1) is 24.9. The fraction of sp³-hybridized carbons (Fsp3) is 1.00. The summed E-state index contributed by atoms with van der Waals surface area (Å²) in [7, 11) is 0.0456. The first-order valence-corrected chi connectivity index (χ1v) is 14.0. The second-order valence-electron chi connectivity index (χ2n) is 12.9. The second kappa shape index (κ2) is 8.31. The molecule has 0 nitrogen and oxygen atoms in total. The van der Waals surface area contributed by atoms with E-state index in [9.17, 15) is 0 Å². The summed E-state index contributed by atoms with van der Waals surface area (Å²) in [5.74, 6) is 2.84. The van der Waals surface area contributed by atoms with E-state index >= 15 is 0 Å². The van der Waals surface area contributed by atoms with Gasteiger partial charge in [-0.05, 0) is 57.1 Å². The van der Waals surface area contributed by atoms with Crippen LogP contribution >= 0.6 is 15.8 Å². The SMILES string of the molecule is CC1CCC(CP(C(C)(C)C)C(C)(C)C)C1CP(C(C)(C)C)C(C)(C)C. The molecule has 1 rings (SSSR count). The van der Waals surface area contributed by atoms with Crippen molar-refractivity contribution >= 4 is 15.8 Å². The Morgan fingerprint density at radius 1 is 0.577 bits per heavy atom. The van der Waals surface area contributed by atoms with Gasteiger partial charge in [0.25, 0.3) is 0 Å². The van der Waals surface area contributed by atoms with Crippen molar-refractivity contribution < 1.29 is 0 Å². The smallest absolute Gasteiger partial charge is 0.0175 e. The average Bonchev–Trinajstić information content (AvgIpc) is 2.68. The summed E-state index contributed by atoms with van der Waals surface area (Å²) >= 11 is 0.